The highest BCUT2D eigenvalue weighted by molar-refractivity contribution is 7.89. The number of aromatic nitrogens is 1. The molecule has 108 valence electrons. The Labute approximate surface area is 126 Å². The van der Waals surface area contributed by atoms with Crippen molar-refractivity contribution >= 4 is 33.2 Å². The van der Waals surface area contributed by atoms with Crippen LogP contribution in [0.25, 0.3) is 0 Å². The first-order valence-electron chi connectivity index (χ1n) is 5.67. The smallest absolute Gasteiger partial charge is 0.246 e. The van der Waals surface area contributed by atoms with Crippen molar-refractivity contribution < 1.29 is 12.9 Å². The fraction of sp³-hybridized carbons (Fsp3) is 0.250. The summed E-state index contributed by atoms with van der Waals surface area (Å²) in [4.78, 5) is 0.0608. The van der Waals surface area contributed by atoms with Crippen molar-refractivity contribution in [1.82, 2.24) is 9.88 Å². The summed E-state index contributed by atoms with van der Waals surface area (Å²) in [7, 11) is -3.69. The molecule has 0 aliphatic heterocycles. The Kier molecular flexibility index (Phi) is 4.39. The SMILES string of the molecule is Cc1noc(C)c1S(=O)(=O)NCc1cc(Cl)cc(Cl)c1. The third kappa shape index (κ3) is 3.32. The third-order valence-electron chi connectivity index (χ3n) is 2.63. The van der Waals surface area contributed by atoms with Crippen LogP contribution in [0.2, 0.25) is 10.0 Å². The van der Waals surface area contributed by atoms with E-state index in [1.165, 1.54) is 0 Å². The van der Waals surface area contributed by atoms with Gasteiger partial charge in [0.15, 0.2) is 5.76 Å². The van der Waals surface area contributed by atoms with Crippen LogP contribution in [0.4, 0.5) is 0 Å². The van der Waals surface area contributed by atoms with Gasteiger partial charge in [0, 0.05) is 16.6 Å². The van der Waals surface area contributed by atoms with Gasteiger partial charge in [-0.1, -0.05) is 28.4 Å². The molecule has 0 fully saturated rings. The Morgan fingerprint density at radius 2 is 1.80 bits per heavy atom. The molecule has 1 aromatic carbocycles. The van der Waals surface area contributed by atoms with E-state index in [0.29, 0.717) is 21.3 Å². The number of aryl methyl sites for hydroxylation is 2. The zero-order chi connectivity index (χ0) is 14.9. The van der Waals surface area contributed by atoms with E-state index >= 15 is 0 Å². The first-order chi connectivity index (χ1) is 9.29. The summed E-state index contributed by atoms with van der Waals surface area (Å²) < 4.78 is 31.7. The number of hydrogen-bond acceptors (Lipinski definition) is 4. The molecule has 2 rings (SSSR count). The zero-order valence-corrected chi connectivity index (χ0v) is 13.1. The molecule has 0 saturated heterocycles. The van der Waals surface area contributed by atoms with Gasteiger partial charge in [0.1, 0.15) is 10.6 Å². The Morgan fingerprint density at radius 3 is 2.30 bits per heavy atom. The maximum atomic E-state index is 12.2. The largest absolute Gasteiger partial charge is 0.360 e. The van der Waals surface area contributed by atoms with Crippen LogP contribution in [0.15, 0.2) is 27.6 Å². The molecule has 8 heteroatoms. The second-order valence-electron chi connectivity index (χ2n) is 4.26. The fourth-order valence-electron chi connectivity index (χ4n) is 1.82. The molecule has 5 nitrogen and oxygen atoms in total. The molecule has 0 aliphatic rings. The topological polar surface area (TPSA) is 72.2 Å². The molecule has 0 unspecified atom stereocenters. The van der Waals surface area contributed by atoms with Crippen molar-refractivity contribution in [2.45, 2.75) is 25.3 Å². The van der Waals surface area contributed by atoms with Crippen LogP contribution in [0.3, 0.4) is 0 Å². The molecule has 0 bridgehead atoms. The van der Waals surface area contributed by atoms with E-state index in [9.17, 15) is 8.42 Å². The lowest BCUT2D eigenvalue weighted by atomic mass is 10.2. The zero-order valence-electron chi connectivity index (χ0n) is 10.8. The minimum Gasteiger partial charge on any atom is -0.360 e. The average molecular weight is 335 g/mol. The number of hydrogen-bond donors (Lipinski definition) is 1. The Bertz CT molecular complexity index is 701. The van der Waals surface area contributed by atoms with Gasteiger partial charge in [0.25, 0.3) is 0 Å². The van der Waals surface area contributed by atoms with E-state index in [1.54, 1.807) is 32.0 Å². The maximum Gasteiger partial charge on any atom is 0.246 e. The molecule has 1 N–H and O–H groups in total. The molecular formula is C12H12Cl2N2O3S. The second kappa shape index (κ2) is 5.73. The van der Waals surface area contributed by atoms with E-state index in [1.807, 2.05) is 0 Å². The summed E-state index contributed by atoms with van der Waals surface area (Å²) in [6.07, 6.45) is 0. The van der Waals surface area contributed by atoms with E-state index < -0.39 is 10.0 Å². The molecule has 0 spiro atoms. The third-order valence-corrected chi connectivity index (χ3v) is 4.71. The highest BCUT2D eigenvalue weighted by Gasteiger charge is 2.23. The maximum absolute atomic E-state index is 12.2. The van der Waals surface area contributed by atoms with Crippen LogP contribution < -0.4 is 4.72 Å². The van der Waals surface area contributed by atoms with Crippen molar-refractivity contribution in [2.75, 3.05) is 0 Å². The first kappa shape index (κ1) is 15.3. The molecule has 0 saturated carbocycles. The van der Waals surface area contributed by atoms with Crippen LogP contribution in [0.1, 0.15) is 17.0 Å². The van der Waals surface area contributed by atoms with Gasteiger partial charge in [-0.2, -0.15) is 0 Å². The summed E-state index contributed by atoms with van der Waals surface area (Å²) in [5, 5.41) is 4.53. The summed E-state index contributed by atoms with van der Waals surface area (Å²) in [6.45, 7) is 3.19. The van der Waals surface area contributed by atoms with Crippen LogP contribution in [-0.4, -0.2) is 13.6 Å². The van der Waals surface area contributed by atoms with E-state index in [0.717, 1.165) is 0 Å². The number of sulfonamides is 1. The highest BCUT2D eigenvalue weighted by Crippen LogP contribution is 2.21. The van der Waals surface area contributed by atoms with Gasteiger partial charge < -0.3 is 4.52 Å². The minimum atomic E-state index is -3.69. The van der Waals surface area contributed by atoms with Gasteiger partial charge in [-0.15, -0.1) is 0 Å². The number of halogens is 2. The Morgan fingerprint density at radius 1 is 1.20 bits per heavy atom. The van der Waals surface area contributed by atoms with Gasteiger partial charge in [0.2, 0.25) is 10.0 Å². The number of nitrogens with zero attached hydrogens (tertiary/aromatic N) is 1. The molecular weight excluding hydrogens is 323 g/mol. The number of rotatable bonds is 4. The molecule has 1 aromatic heterocycles. The highest BCUT2D eigenvalue weighted by atomic mass is 35.5. The summed E-state index contributed by atoms with van der Waals surface area (Å²) in [6, 6.07) is 4.86. The van der Waals surface area contributed by atoms with Crippen LogP contribution in [-0.2, 0) is 16.6 Å². The van der Waals surface area contributed by atoms with Crippen molar-refractivity contribution in [3.63, 3.8) is 0 Å². The lowest BCUT2D eigenvalue weighted by molar-refractivity contribution is 0.390. The lowest BCUT2D eigenvalue weighted by Crippen LogP contribution is -2.24. The fourth-order valence-corrected chi connectivity index (χ4v) is 3.74. The number of nitrogens with one attached hydrogen (secondary N) is 1. The van der Waals surface area contributed by atoms with Gasteiger partial charge in [-0.3, -0.25) is 0 Å². The second-order valence-corrected chi connectivity index (χ2v) is 6.83. The predicted octanol–water partition coefficient (Wildman–Crippen LogP) is 3.08. The normalized spacial score (nSPS) is 11.8. The number of benzene rings is 1. The molecule has 0 radical (unpaired) electrons. The Balaban J connectivity index is 2.22. The molecule has 20 heavy (non-hydrogen) atoms. The van der Waals surface area contributed by atoms with Crippen molar-refractivity contribution in [3.05, 3.63) is 45.3 Å². The van der Waals surface area contributed by atoms with Crippen LogP contribution in [0, 0.1) is 13.8 Å². The molecule has 0 amide bonds. The summed E-state index contributed by atoms with van der Waals surface area (Å²) in [5.74, 6) is 0.249. The molecule has 2 aromatic rings. The average Bonchev–Trinajstić information content (AvgIpc) is 2.66. The van der Waals surface area contributed by atoms with E-state index in [4.69, 9.17) is 27.7 Å². The molecule has 0 atom stereocenters. The quantitative estimate of drug-likeness (QED) is 0.932. The first-order valence-corrected chi connectivity index (χ1v) is 7.91. The van der Waals surface area contributed by atoms with Gasteiger partial charge in [-0.05, 0) is 37.6 Å². The monoisotopic (exact) mass is 334 g/mol. The van der Waals surface area contributed by atoms with Gasteiger partial charge >= 0.3 is 0 Å². The summed E-state index contributed by atoms with van der Waals surface area (Å²) in [5.41, 5.74) is 0.983. The predicted molar refractivity (Wildman–Crippen MR) is 76.5 cm³/mol. The van der Waals surface area contributed by atoms with Gasteiger partial charge in [-0.25, -0.2) is 13.1 Å². The standard InChI is InChI=1S/C12H12Cl2N2O3S/c1-7-12(8(2)19-16-7)20(17,18)15-6-9-3-10(13)5-11(14)4-9/h3-5,15H,6H2,1-2H3. The van der Waals surface area contributed by atoms with Crippen molar-refractivity contribution in [3.8, 4) is 0 Å². The van der Waals surface area contributed by atoms with Crippen LogP contribution in [0.5, 0.6) is 0 Å². The van der Waals surface area contributed by atoms with Gasteiger partial charge in [0.05, 0.1) is 0 Å². The van der Waals surface area contributed by atoms with E-state index in [2.05, 4.69) is 9.88 Å². The van der Waals surface area contributed by atoms with Crippen molar-refractivity contribution in [1.29, 1.82) is 0 Å². The van der Waals surface area contributed by atoms with Crippen LogP contribution >= 0.6 is 23.2 Å². The molecule has 1 heterocycles. The summed E-state index contributed by atoms with van der Waals surface area (Å²) >= 11 is 11.7. The lowest BCUT2D eigenvalue weighted by Gasteiger charge is -2.07. The van der Waals surface area contributed by atoms with Crippen molar-refractivity contribution in [2.24, 2.45) is 0 Å². The minimum absolute atomic E-state index is 0.0608. The molecule has 0 aliphatic carbocycles. The van der Waals surface area contributed by atoms with E-state index in [-0.39, 0.29) is 17.2 Å². The Hall–Kier alpha value is -1.08.